The standard InChI is InChI=1S/C17H11ClFN5S/c1-25-17-21-7-6-12(22-17)14-13(10-2-4-11(19)5-3-10)23-16-15(18)20-8-9-24(14)16/h2-9H,1H3. The maximum atomic E-state index is 13.3. The minimum absolute atomic E-state index is 0.288. The molecule has 3 aromatic heterocycles. The largest absolute Gasteiger partial charge is 0.293 e. The molecule has 0 atom stereocenters. The Hall–Kier alpha value is -2.51. The number of hydrogen-bond acceptors (Lipinski definition) is 5. The van der Waals surface area contributed by atoms with Gasteiger partial charge in [-0.15, -0.1) is 0 Å². The summed E-state index contributed by atoms with van der Waals surface area (Å²) in [6.07, 6.45) is 6.99. The first-order valence-corrected chi connectivity index (χ1v) is 8.93. The Morgan fingerprint density at radius 1 is 1.04 bits per heavy atom. The third-order valence-electron chi connectivity index (χ3n) is 3.68. The highest BCUT2D eigenvalue weighted by atomic mass is 35.5. The molecule has 0 saturated heterocycles. The molecule has 0 spiro atoms. The van der Waals surface area contributed by atoms with Crippen LogP contribution in [0.5, 0.6) is 0 Å². The summed E-state index contributed by atoms with van der Waals surface area (Å²) < 4.78 is 15.1. The Labute approximate surface area is 151 Å². The molecule has 0 unspecified atom stereocenters. The molecule has 4 aromatic rings. The first-order valence-electron chi connectivity index (χ1n) is 7.33. The lowest BCUT2D eigenvalue weighted by molar-refractivity contribution is 0.628. The van der Waals surface area contributed by atoms with E-state index in [1.165, 1.54) is 23.9 Å². The number of rotatable bonds is 3. The van der Waals surface area contributed by atoms with Crippen LogP contribution in [0.3, 0.4) is 0 Å². The van der Waals surface area contributed by atoms with Gasteiger partial charge in [0.2, 0.25) is 0 Å². The van der Waals surface area contributed by atoms with Gasteiger partial charge >= 0.3 is 0 Å². The quantitative estimate of drug-likeness (QED) is 0.395. The molecule has 8 heteroatoms. The topological polar surface area (TPSA) is 56.0 Å². The Bertz CT molecular complexity index is 1060. The van der Waals surface area contributed by atoms with Crippen molar-refractivity contribution in [3.8, 4) is 22.6 Å². The smallest absolute Gasteiger partial charge is 0.187 e. The second-order valence-corrected chi connectivity index (χ2v) is 6.29. The summed E-state index contributed by atoms with van der Waals surface area (Å²) in [6.45, 7) is 0. The van der Waals surface area contributed by atoms with Crippen molar-refractivity contribution in [1.29, 1.82) is 0 Å². The molecule has 0 aliphatic heterocycles. The van der Waals surface area contributed by atoms with Crippen LogP contribution < -0.4 is 0 Å². The van der Waals surface area contributed by atoms with E-state index in [4.69, 9.17) is 11.6 Å². The molecule has 124 valence electrons. The van der Waals surface area contributed by atoms with E-state index in [0.29, 0.717) is 22.2 Å². The van der Waals surface area contributed by atoms with Crippen LogP contribution in [0.2, 0.25) is 5.15 Å². The van der Waals surface area contributed by atoms with Crippen LogP contribution in [0.1, 0.15) is 0 Å². The van der Waals surface area contributed by atoms with E-state index in [0.717, 1.165) is 11.3 Å². The average Bonchev–Trinajstić information content (AvgIpc) is 3.03. The van der Waals surface area contributed by atoms with Crippen molar-refractivity contribution in [2.75, 3.05) is 6.26 Å². The van der Waals surface area contributed by atoms with Gasteiger partial charge in [0.1, 0.15) is 5.82 Å². The van der Waals surface area contributed by atoms with Crippen LogP contribution in [0, 0.1) is 5.82 Å². The number of fused-ring (bicyclic) bond motifs is 1. The zero-order valence-electron chi connectivity index (χ0n) is 13.0. The van der Waals surface area contributed by atoms with E-state index < -0.39 is 0 Å². The lowest BCUT2D eigenvalue weighted by Crippen LogP contribution is -1.95. The van der Waals surface area contributed by atoms with Gasteiger partial charge < -0.3 is 0 Å². The van der Waals surface area contributed by atoms with Crippen molar-refractivity contribution < 1.29 is 4.39 Å². The summed E-state index contributed by atoms with van der Waals surface area (Å²) >= 11 is 7.66. The number of thioether (sulfide) groups is 1. The molecule has 1 aromatic carbocycles. The molecular formula is C17H11ClFN5S. The first kappa shape index (κ1) is 16.0. The Kier molecular flexibility index (Phi) is 4.10. The van der Waals surface area contributed by atoms with Crippen LogP contribution >= 0.6 is 23.4 Å². The van der Waals surface area contributed by atoms with Gasteiger partial charge in [0.25, 0.3) is 0 Å². The summed E-state index contributed by atoms with van der Waals surface area (Å²) in [6, 6.07) is 7.97. The van der Waals surface area contributed by atoms with E-state index >= 15 is 0 Å². The predicted octanol–water partition coefficient (Wildman–Crippen LogP) is 4.37. The summed E-state index contributed by atoms with van der Waals surface area (Å²) in [5.74, 6) is -0.305. The summed E-state index contributed by atoms with van der Waals surface area (Å²) in [4.78, 5) is 17.5. The molecule has 25 heavy (non-hydrogen) atoms. The molecule has 0 radical (unpaired) electrons. The zero-order valence-corrected chi connectivity index (χ0v) is 14.6. The van der Waals surface area contributed by atoms with Crippen molar-refractivity contribution in [3.05, 3.63) is 59.9 Å². The molecule has 0 fully saturated rings. The highest BCUT2D eigenvalue weighted by Gasteiger charge is 2.19. The molecule has 0 saturated carbocycles. The van der Waals surface area contributed by atoms with Gasteiger partial charge in [-0.2, -0.15) is 0 Å². The summed E-state index contributed by atoms with van der Waals surface area (Å²) in [5, 5.41) is 0.939. The van der Waals surface area contributed by atoms with E-state index in [-0.39, 0.29) is 11.0 Å². The molecular weight excluding hydrogens is 361 g/mol. The van der Waals surface area contributed by atoms with Crippen molar-refractivity contribution in [3.63, 3.8) is 0 Å². The third kappa shape index (κ3) is 2.85. The average molecular weight is 372 g/mol. The Morgan fingerprint density at radius 2 is 1.84 bits per heavy atom. The minimum atomic E-state index is -0.305. The SMILES string of the molecule is CSc1nccc(-c2c(-c3ccc(F)cc3)nc3c(Cl)nccn23)n1. The van der Waals surface area contributed by atoms with Gasteiger partial charge in [0, 0.05) is 24.2 Å². The van der Waals surface area contributed by atoms with Crippen molar-refractivity contribution in [1.82, 2.24) is 24.3 Å². The van der Waals surface area contributed by atoms with Crippen LogP contribution in [-0.2, 0) is 0 Å². The maximum Gasteiger partial charge on any atom is 0.187 e. The van der Waals surface area contributed by atoms with Gasteiger partial charge in [-0.25, -0.2) is 24.3 Å². The van der Waals surface area contributed by atoms with Gasteiger partial charge in [0.05, 0.1) is 17.1 Å². The minimum Gasteiger partial charge on any atom is -0.293 e. The van der Waals surface area contributed by atoms with Crippen LogP contribution in [0.25, 0.3) is 28.3 Å². The van der Waals surface area contributed by atoms with Crippen LogP contribution in [0.15, 0.2) is 54.1 Å². The zero-order chi connectivity index (χ0) is 17.4. The molecule has 4 rings (SSSR count). The van der Waals surface area contributed by atoms with E-state index in [2.05, 4.69) is 19.9 Å². The lowest BCUT2D eigenvalue weighted by atomic mass is 10.1. The predicted molar refractivity (Wildman–Crippen MR) is 96.2 cm³/mol. The number of hydrogen-bond donors (Lipinski definition) is 0. The van der Waals surface area contributed by atoms with Gasteiger partial charge in [-0.05, 0) is 36.6 Å². The molecule has 0 aliphatic rings. The lowest BCUT2D eigenvalue weighted by Gasteiger charge is -2.06. The van der Waals surface area contributed by atoms with Crippen molar-refractivity contribution in [2.24, 2.45) is 0 Å². The number of nitrogens with zero attached hydrogens (tertiary/aromatic N) is 5. The molecule has 0 amide bonds. The highest BCUT2D eigenvalue weighted by Crippen LogP contribution is 2.33. The molecule has 0 bridgehead atoms. The van der Waals surface area contributed by atoms with Gasteiger partial charge in [-0.3, -0.25) is 4.40 Å². The fourth-order valence-electron chi connectivity index (χ4n) is 2.57. The fourth-order valence-corrected chi connectivity index (χ4v) is 3.12. The molecule has 3 heterocycles. The monoisotopic (exact) mass is 371 g/mol. The fraction of sp³-hybridized carbons (Fsp3) is 0.0588. The number of halogens is 2. The van der Waals surface area contributed by atoms with Gasteiger partial charge in [0.15, 0.2) is 16.0 Å². The number of imidazole rings is 1. The summed E-state index contributed by atoms with van der Waals surface area (Å²) in [7, 11) is 0. The maximum absolute atomic E-state index is 13.3. The van der Waals surface area contributed by atoms with Crippen molar-refractivity contribution in [2.45, 2.75) is 5.16 Å². The molecule has 0 N–H and O–H groups in total. The van der Waals surface area contributed by atoms with Crippen molar-refractivity contribution >= 4 is 29.0 Å². The van der Waals surface area contributed by atoms with E-state index in [9.17, 15) is 4.39 Å². The van der Waals surface area contributed by atoms with E-state index in [1.54, 1.807) is 30.7 Å². The van der Waals surface area contributed by atoms with Crippen LogP contribution in [0.4, 0.5) is 4.39 Å². The number of benzene rings is 1. The number of aromatic nitrogens is 5. The third-order valence-corrected chi connectivity index (χ3v) is 4.50. The second-order valence-electron chi connectivity index (χ2n) is 5.16. The Morgan fingerprint density at radius 3 is 2.60 bits per heavy atom. The first-order chi connectivity index (χ1) is 12.2. The normalized spacial score (nSPS) is 11.2. The van der Waals surface area contributed by atoms with Crippen LogP contribution in [-0.4, -0.2) is 30.6 Å². The highest BCUT2D eigenvalue weighted by molar-refractivity contribution is 7.98. The Balaban J connectivity index is 2.04. The van der Waals surface area contributed by atoms with E-state index in [1.807, 2.05) is 16.7 Å². The molecule has 5 nitrogen and oxygen atoms in total. The van der Waals surface area contributed by atoms with Gasteiger partial charge in [-0.1, -0.05) is 23.4 Å². The second kappa shape index (κ2) is 6.42. The summed E-state index contributed by atoms with van der Waals surface area (Å²) in [5.41, 5.74) is 3.39. The molecule has 0 aliphatic carbocycles.